The Morgan fingerprint density at radius 2 is 1.88 bits per heavy atom. The van der Waals surface area contributed by atoms with Gasteiger partial charge in [0.05, 0.1) is 12.0 Å². The molecule has 1 fully saturated rings. The molecule has 3 rings (SSSR count). The molecular weight excluding hydrogens is 433 g/mol. The maximum atomic E-state index is 13.9. The first kappa shape index (κ1) is 24.2. The Kier molecular flexibility index (Phi) is 7.53. The van der Waals surface area contributed by atoms with Crippen LogP contribution >= 0.6 is 0 Å². The standard InChI is InChI=1S/C23H30FN3O4S/c1-15-11-18(13-22(16(15)2)32(29,30)25-3)23(28)26-19-7-9-27(10-8-19)14-17-5-6-21(31-4)20(24)12-17/h5-6,11-13,19,25H,7-10,14H2,1-4H3,(H,26,28). The first-order chi connectivity index (χ1) is 15.1. The van der Waals surface area contributed by atoms with Crippen molar-refractivity contribution in [3.8, 4) is 5.75 Å². The van der Waals surface area contributed by atoms with Crippen LogP contribution in [-0.4, -0.2) is 52.5 Å². The van der Waals surface area contributed by atoms with E-state index in [0.29, 0.717) is 17.7 Å². The molecule has 0 unspecified atom stereocenters. The van der Waals surface area contributed by atoms with E-state index in [0.717, 1.165) is 37.1 Å². The van der Waals surface area contributed by atoms with Gasteiger partial charge < -0.3 is 10.1 Å². The molecule has 0 spiro atoms. The van der Waals surface area contributed by atoms with Crippen LogP contribution in [0.25, 0.3) is 0 Å². The van der Waals surface area contributed by atoms with E-state index in [4.69, 9.17) is 4.74 Å². The average Bonchev–Trinajstić information content (AvgIpc) is 2.76. The molecule has 9 heteroatoms. The predicted octanol–water partition coefficient (Wildman–Crippen LogP) is 2.75. The number of carbonyl (C=O) groups excluding carboxylic acids is 1. The number of halogens is 1. The number of piperidine rings is 1. The zero-order valence-electron chi connectivity index (χ0n) is 18.9. The predicted molar refractivity (Wildman–Crippen MR) is 121 cm³/mol. The molecule has 2 aromatic carbocycles. The van der Waals surface area contributed by atoms with Gasteiger partial charge in [-0.05, 0) is 74.7 Å². The van der Waals surface area contributed by atoms with Crippen LogP contribution in [0.1, 0.15) is 39.9 Å². The Labute approximate surface area is 189 Å². The zero-order valence-corrected chi connectivity index (χ0v) is 19.7. The zero-order chi connectivity index (χ0) is 23.5. The Morgan fingerprint density at radius 1 is 1.19 bits per heavy atom. The van der Waals surface area contributed by atoms with Gasteiger partial charge in [0.15, 0.2) is 11.6 Å². The summed E-state index contributed by atoms with van der Waals surface area (Å²) in [5.41, 5.74) is 2.57. The van der Waals surface area contributed by atoms with Crippen molar-refractivity contribution in [2.24, 2.45) is 0 Å². The fourth-order valence-corrected chi connectivity index (χ4v) is 4.98. The van der Waals surface area contributed by atoms with Gasteiger partial charge in [0.1, 0.15) is 0 Å². The molecule has 1 aliphatic rings. The molecule has 0 saturated carbocycles. The van der Waals surface area contributed by atoms with Crippen molar-refractivity contribution in [3.05, 3.63) is 58.4 Å². The summed E-state index contributed by atoms with van der Waals surface area (Å²) in [7, 11) is -0.864. The molecule has 1 amide bonds. The number of hydrogen-bond donors (Lipinski definition) is 2. The Hall–Kier alpha value is -2.49. The highest BCUT2D eigenvalue weighted by Gasteiger charge is 2.24. The second-order valence-corrected chi connectivity index (χ2v) is 9.97. The van der Waals surface area contributed by atoms with Crippen LogP contribution in [0.5, 0.6) is 5.75 Å². The lowest BCUT2D eigenvalue weighted by Gasteiger charge is -2.32. The second-order valence-electron chi connectivity index (χ2n) is 8.12. The SMILES string of the molecule is CNS(=O)(=O)c1cc(C(=O)NC2CCN(Cc3ccc(OC)c(F)c3)CC2)cc(C)c1C. The van der Waals surface area contributed by atoms with Gasteiger partial charge in [-0.2, -0.15) is 0 Å². The molecule has 2 aromatic rings. The minimum atomic E-state index is -3.66. The molecule has 2 N–H and O–H groups in total. The lowest BCUT2D eigenvalue weighted by molar-refractivity contribution is 0.0908. The van der Waals surface area contributed by atoms with Crippen molar-refractivity contribution in [3.63, 3.8) is 0 Å². The third-order valence-corrected chi connectivity index (χ3v) is 7.53. The number of sulfonamides is 1. The third kappa shape index (κ3) is 5.46. The van der Waals surface area contributed by atoms with Crippen molar-refractivity contribution in [1.82, 2.24) is 14.9 Å². The summed E-state index contributed by atoms with van der Waals surface area (Å²) in [5, 5.41) is 3.03. The molecule has 0 aliphatic carbocycles. The van der Waals surface area contributed by atoms with Crippen LogP contribution in [0.3, 0.4) is 0 Å². The van der Waals surface area contributed by atoms with Crippen LogP contribution in [0.2, 0.25) is 0 Å². The van der Waals surface area contributed by atoms with Gasteiger partial charge in [-0.25, -0.2) is 17.5 Å². The van der Waals surface area contributed by atoms with Crippen molar-refractivity contribution < 1.29 is 22.3 Å². The molecular formula is C23H30FN3O4S. The lowest BCUT2D eigenvalue weighted by Crippen LogP contribution is -2.44. The average molecular weight is 464 g/mol. The van der Waals surface area contributed by atoms with E-state index in [2.05, 4.69) is 14.9 Å². The van der Waals surface area contributed by atoms with Crippen molar-refractivity contribution in [1.29, 1.82) is 0 Å². The van der Waals surface area contributed by atoms with Gasteiger partial charge in [0, 0.05) is 31.2 Å². The molecule has 0 bridgehead atoms. The molecule has 0 atom stereocenters. The number of amides is 1. The monoisotopic (exact) mass is 463 g/mol. The second kappa shape index (κ2) is 9.97. The number of carbonyl (C=O) groups is 1. The highest BCUT2D eigenvalue weighted by Crippen LogP contribution is 2.23. The van der Waals surface area contributed by atoms with Crippen LogP contribution < -0.4 is 14.8 Å². The van der Waals surface area contributed by atoms with Gasteiger partial charge in [-0.15, -0.1) is 0 Å². The van der Waals surface area contributed by atoms with Gasteiger partial charge in [0.25, 0.3) is 5.91 Å². The molecule has 0 aromatic heterocycles. The summed E-state index contributed by atoms with van der Waals surface area (Å²) in [6.07, 6.45) is 1.52. The first-order valence-electron chi connectivity index (χ1n) is 10.5. The number of rotatable bonds is 7. The highest BCUT2D eigenvalue weighted by molar-refractivity contribution is 7.89. The molecule has 1 aliphatic heterocycles. The molecule has 1 heterocycles. The first-order valence-corrected chi connectivity index (χ1v) is 12.0. The van der Waals surface area contributed by atoms with E-state index in [9.17, 15) is 17.6 Å². The van der Waals surface area contributed by atoms with Crippen LogP contribution in [-0.2, 0) is 16.6 Å². The number of methoxy groups -OCH3 is 1. The van der Waals surface area contributed by atoms with Crippen molar-refractivity contribution >= 4 is 15.9 Å². The minimum absolute atomic E-state index is 0.00248. The number of nitrogens with one attached hydrogen (secondary N) is 2. The minimum Gasteiger partial charge on any atom is -0.494 e. The van der Waals surface area contributed by atoms with Crippen molar-refractivity contribution in [2.75, 3.05) is 27.2 Å². The Morgan fingerprint density at radius 3 is 2.47 bits per heavy atom. The van der Waals surface area contributed by atoms with E-state index >= 15 is 0 Å². The lowest BCUT2D eigenvalue weighted by atomic mass is 10.0. The fourth-order valence-electron chi connectivity index (χ4n) is 3.92. The summed E-state index contributed by atoms with van der Waals surface area (Å²) in [6.45, 7) is 5.69. The van der Waals surface area contributed by atoms with Gasteiger partial charge in [0.2, 0.25) is 10.0 Å². The highest BCUT2D eigenvalue weighted by atomic mass is 32.2. The van der Waals surface area contributed by atoms with Crippen LogP contribution in [0, 0.1) is 19.7 Å². The molecule has 32 heavy (non-hydrogen) atoms. The van der Waals surface area contributed by atoms with Crippen LogP contribution in [0.15, 0.2) is 35.2 Å². The molecule has 0 radical (unpaired) electrons. The summed E-state index contributed by atoms with van der Waals surface area (Å²) in [6, 6.07) is 8.11. The smallest absolute Gasteiger partial charge is 0.251 e. The number of nitrogens with zero attached hydrogens (tertiary/aromatic N) is 1. The van der Waals surface area contributed by atoms with Gasteiger partial charge >= 0.3 is 0 Å². The topological polar surface area (TPSA) is 87.7 Å². The fraction of sp³-hybridized carbons (Fsp3) is 0.435. The number of hydrogen-bond acceptors (Lipinski definition) is 5. The van der Waals surface area contributed by atoms with Crippen molar-refractivity contribution in [2.45, 2.75) is 44.2 Å². The summed E-state index contributed by atoms with van der Waals surface area (Å²) in [5.74, 6) is -0.427. The maximum Gasteiger partial charge on any atom is 0.251 e. The van der Waals surface area contributed by atoms with Crippen LogP contribution in [0.4, 0.5) is 4.39 Å². The molecule has 1 saturated heterocycles. The van der Waals surface area contributed by atoms with E-state index in [1.165, 1.54) is 26.3 Å². The summed E-state index contributed by atoms with van der Waals surface area (Å²) >= 11 is 0. The summed E-state index contributed by atoms with van der Waals surface area (Å²) < 4.78 is 45.8. The van der Waals surface area contributed by atoms with E-state index in [-0.39, 0.29) is 28.4 Å². The number of ether oxygens (including phenoxy) is 1. The molecule has 174 valence electrons. The third-order valence-electron chi connectivity index (χ3n) is 5.99. The largest absolute Gasteiger partial charge is 0.494 e. The van der Waals surface area contributed by atoms with E-state index in [1.807, 2.05) is 6.07 Å². The molecule has 7 nitrogen and oxygen atoms in total. The normalized spacial score (nSPS) is 15.5. The van der Waals surface area contributed by atoms with E-state index in [1.54, 1.807) is 26.0 Å². The van der Waals surface area contributed by atoms with E-state index < -0.39 is 10.0 Å². The summed E-state index contributed by atoms with van der Waals surface area (Å²) in [4.78, 5) is 15.2. The van der Waals surface area contributed by atoms with Gasteiger partial charge in [-0.1, -0.05) is 6.07 Å². The van der Waals surface area contributed by atoms with Gasteiger partial charge in [-0.3, -0.25) is 9.69 Å². The Balaban J connectivity index is 1.61. The maximum absolute atomic E-state index is 13.9. The number of aryl methyl sites for hydroxylation is 1. The quantitative estimate of drug-likeness (QED) is 0.659. The Bertz CT molecular complexity index is 1100. The number of likely N-dealkylation sites (tertiary alicyclic amines) is 1. The number of benzene rings is 2.